The lowest BCUT2D eigenvalue weighted by Crippen LogP contribution is -2.46. The van der Waals surface area contributed by atoms with Gasteiger partial charge in [0.05, 0.1) is 0 Å². The van der Waals surface area contributed by atoms with Gasteiger partial charge >= 0.3 is 7.60 Å². The van der Waals surface area contributed by atoms with E-state index in [2.05, 4.69) is 61.1 Å². The molecule has 1 unspecified atom stereocenters. The second-order valence-corrected chi connectivity index (χ2v) is 10.1. The van der Waals surface area contributed by atoms with Crippen molar-refractivity contribution < 1.29 is 23.5 Å². The van der Waals surface area contributed by atoms with Gasteiger partial charge in [-0.3, -0.25) is 4.57 Å². The first-order chi connectivity index (χ1) is 14.8. The molecule has 0 fully saturated rings. The summed E-state index contributed by atoms with van der Waals surface area (Å²) in [6.45, 7) is 4.45. The zero-order valence-electron chi connectivity index (χ0n) is 17.7. The first-order valence-corrected chi connectivity index (χ1v) is 11.9. The number of aromatic nitrogens is 2. The van der Waals surface area contributed by atoms with E-state index < -0.39 is 12.8 Å². The van der Waals surface area contributed by atoms with Crippen molar-refractivity contribution in [2.45, 2.75) is 32.0 Å². The van der Waals surface area contributed by atoms with Crippen molar-refractivity contribution in [1.82, 2.24) is 0 Å². The number of hydrogen-bond donors (Lipinski definition) is 2. The van der Waals surface area contributed by atoms with E-state index in [0.717, 1.165) is 11.1 Å². The van der Waals surface area contributed by atoms with E-state index in [1.807, 2.05) is 41.2 Å². The van der Waals surface area contributed by atoms with Crippen molar-refractivity contribution in [3.05, 3.63) is 103 Å². The number of benzene rings is 1. The van der Waals surface area contributed by atoms with Crippen molar-refractivity contribution in [1.29, 1.82) is 0 Å². The van der Waals surface area contributed by atoms with Crippen LogP contribution in [0.4, 0.5) is 0 Å². The van der Waals surface area contributed by atoms with Crippen molar-refractivity contribution in [2.24, 2.45) is 0 Å². The molecule has 1 aromatic carbocycles. The quantitative estimate of drug-likeness (QED) is 0.472. The molecule has 158 valence electrons. The van der Waals surface area contributed by atoms with Gasteiger partial charge in [0.25, 0.3) is 0 Å². The third-order valence-corrected chi connectivity index (χ3v) is 7.55. The molecule has 0 amide bonds. The standard InChI is InChI=1S/C25H25N2O3P/c1-20-7-6-8-21(2)24(20)27-17-11-23(12-18-27)22-9-15-26(16-10-22)19-25(31(28,29)30)13-4-3-5-14-25/h3-13,15-18H,14,19H2,1-2H3/p+2. The number of allylic oxidation sites excluding steroid dienone is 4. The molecule has 2 aromatic heterocycles. The molecule has 0 radical (unpaired) electrons. The molecule has 1 aliphatic carbocycles. The molecule has 1 aliphatic rings. The molecule has 0 saturated carbocycles. The second-order valence-electron chi connectivity index (χ2n) is 8.13. The van der Waals surface area contributed by atoms with Gasteiger partial charge in [0, 0.05) is 35.4 Å². The summed E-state index contributed by atoms with van der Waals surface area (Å²) in [5, 5.41) is -1.20. The third kappa shape index (κ3) is 4.31. The Morgan fingerprint density at radius 1 is 0.903 bits per heavy atom. The molecule has 3 aromatic rings. The SMILES string of the molecule is Cc1cccc(C)c1-[n+]1ccc(-c2cc[n+](CC3(P(=O)(O)O)C=CC=CC3)cc2)cc1. The van der Waals surface area contributed by atoms with Crippen LogP contribution in [0.15, 0.2) is 91.6 Å². The fourth-order valence-corrected chi connectivity index (χ4v) is 5.10. The molecule has 2 N–H and O–H groups in total. The zero-order valence-corrected chi connectivity index (χ0v) is 18.6. The largest absolute Gasteiger partial charge is 0.342 e. The maximum Gasteiger partial charge on any atom is 0.342 e. The van der Waals surface area contributed by atoms with Gasteiger partial charge in [0.15, 0.2) is 36.5 Å². The topological polar surface area (TPSA) is 65.3 Å². The number of hydrogen-bond acceptors (Lipinski definition) is 1. The molecule has 0 spiro atoms. The van der Waals surface area contributed by atoms with Gasteiger partial charge < -0.3 is 9.79 Å². The summed E-state index contributed by atoms with van der Waals surface area (Å²) in [5.74, 6) is 0. The third-order valence-electron chi connectivity index (χ3n) is 5.91. The van der Waals surface area contributed by atoms with E-state index in [1.165, 1.54) is 16.8 Å². The van der Waals surface area contributed by atoms with Gasteiger partial charge in [-0.2, -0.15) is 4.57 Å². The second kappa shape index (κ2) is 8.35. The Kier molecular flexibility index (Phi) is 5.76. The van der Waals surface area contributed by atoms with E-state index in [0.29, 0.717) is 6.42 Å². The highest BCUT2D eigenvalue weighted by Gasteiger charge is 2.48. The Morgan fingerprint density at radius 3 is 2.00 bits per heavy atom. The van der Waals surface area contributed by atoms with Crippen LogP contribution >= 0.6 is 7.60 Å². The molecular weight excluding hydrogens is 407 g/mol. The monoisotopic (exact) mass is 434 g/mol. The highest BCUT2D eigenvalue weighted by atomic mass is 31.2. The molecule has 0 aliphatic heterocycles. The van der Waals surface area contributed by atoms with Crippen LogP contribution in [0.2, 0.25) is 0 Å². The van der Waals surface area contributed by atoms with E-state index in [1.54, 1.807) is 12.2 Å². The summed E-state index contributed by atoms with van der Waals surface area (Å²) in [6.07, 6.45) is 15.2. The summed E-state index contributed by atoms with van der Waals surface area (Å²) in [4.78, 5) is 19.9. The molecule has 0 bridgehead atoms. The Balaban J connectivity index is 1.57. The average molecular weight is 434 g/mol. The molecule has 6 heteroatoms. The summed E-state index contributed by atoms with van der Waals surface area (Å²) in [5.41, 5.74) is 5.78. The normalized spacial score (nSPS) is 18.3. The van der Waals surface area contributed by atoms with Crippen LogP contribution in [0, 0.1) is 13.8 Å². The van der Waals surface area contributed by atoms with Crippen molar-refractivity contribution >= 4 is 7.60 Å². The van der Waals surface area contributed by atoms with Crippen molar-refractivity contribution in [3.63, 3.8) is 0 Å². The molecule has 5 nitrogen and oxygen atoms in total. The van der Waals surface area contributed by atoms with Gasteiger partial charge in [-0.25, -0.2) is 4.57 Å². The van der Waals surface area contributed by atoms with Crippen LogP contribution in [0.1, 0.15) is 17.5 Å². The van der Waals surface area contributed by atoms with Crippen LogP contribution in [-0.2, 0) is 11.1 Å². The first kappa shape index (κ1) is 21.4. The average Bonchev–Trinajstić information content (AvgIpc) is 2.75. The number of nitrogens with zero attached hydrogens (tertiary/aromatic N) is 2. The molecule has 2 heterocycles. The summed E-state index contributed by atoms with van der Waals surface area (Å²) >= 11 is 0. The number of rotatable bonds is 5. The van der Waals surface area contributed by atoms with Crippen LogP contribution in [0.3, 0.4) is 0 Å². The minimum Gasteiger partial charge on any atom is -0.324 e. The van der Waals surface area contributed by atoms with Crippen LogP contribution < -0.4 is 9.13 Å². The molecule has 1 atom stereocenters. The van der Waals surface area contributed by atoms with Crippen molar-refractivity contribution in [2.75, 3.05) is 0 Å². The van der Waals surface area contributed by atoms with Crippen LogP contribution in [-0.4, -0.2) is 14.9 Å². The summed E-state index contributed by atoms with van der Waals surface area (Å²) in [6, 6.07) is 14.4. The molecule has 31 heavy (non-hydrogen) atoms. The van der Waals surface area contributed by atoms with Gasteiger partial charge in [0.1, 0.15) is 0 Å². The van der Waals surface area contributed by atoms with Gasteiger partial charge in [-0.05, 0) is 31.4 Å². The lowest BCUT2D eigenvalue weighted by atomic mass is 9.99. The Hall–Kier alpha value is -2.85. The highest BCUT2D eigenvalue weighted by Crippen LogP contribution is 2.54. The highest BCUT2D eigenvalue weighted by molar-refractivity contribution is 7.53. The van der Waals surface area contributed by atoms with Gasteiger partial charge in [-0.15, -0.1) is 0 Å². The van der Waals surface area contributed by atoms with E-state index in [9.17, 15) is 14.4 Å². The Bertz CT molecular complexity index is 1170. The first-order valence-electron chi connectivity index (χ1n) is 10.3. The van der Waals surface area contributed by atoms with Gasteiger partial charge in [0.2, 0.25) is 5.69 Å². The lowest BCUT2D eigenvalue weighted by molar-refractivity contribution is -0.699. The molecular formula is C25H27N2O3P+2. The number of pyridine rings is 2. The molecule has 4 rings (SSSR count). The van der Waals surface area contributed by atoms with Crippen LogP contribution in [0.25, 0.3) is 16.8 Å². The Labute approximate surface area is 182 Å². The van der Waals surface area contributed by atoms with Crippen molar-refractivity contribution in [3.8, 4) is 16.8 Å². The summed E-state index contributed by atoms with van der Waals surface area (Å²) in [7, 11) is -4.31. The fraction of sp³-hybridized carbons (Fsp3) is 0.200. The number of para-hydroxylation sites is 1. The minimum absolute atomic E-state index is 0.222. The smallest absolute Gasteiger partial charge is 0.324 e. The number of aryl methyl sites for hydroxylation is 2. The zero-order chi connectivity index (χ0) is 22.1. The van der Waals surface area contributed by atoms with Gasteiger partial charge in [-0.1, -0.05) is 42.5 Å². The van der Waals surface area contributed by atoms with E-state index in [-0.39, 0.29) is 6.54 Å². The Morgan fingerprint density at radius 2 is 1.48 bits per heavy atom. The van der Waals surface area contributed by atoms with Crippen LogP contribution in [0.5, 0.6) is 0 Å². The van der Waals surface area contributed by atoms with E-state index >= 15 is 0 Å². The van der Waals surface area contributed by atoms with E-state index in [4.69, 9.17) is 0 Å². The minimum atomic E-state index is -4.31. The lowest BCUT2D eigenvalue weighted by Gasteiger charge is -2.28. The predicted octanol–water partition coefficient (Wildman–Crippen LogP) is 3.97. The molecule has 0 saturated heterocycles. The maximum atomic E-state index is 12.2. The fourth-order valence-electron chi connectivity index (χ4n) is 4.13. The predicted molar refractivity (Wildman–Crippen MR) is 121 cm³/mol. The maximum absolute atomic E-state index is 12.2. The summed E-state index contributed by atoms with van der Waals surface area (Å²) < 4.78 is 16.2.